The third kappa shape index (κ3) is 2.15. The van der Waals surface area contributed by atoms with E-state index in [2.05, 4.69) is 22.3 Å². The zero-order valence-corrected chi connectivity index (χ0v) is 12.9. The summed E-state index contributed by atoms with van der Waals surface area (Å²) in [6, 6.07) is 4.15. The lowest BCUT2D eigenvalue weighted by Crippen LogP contribution is -2.37. The molecule has 2 aliphatic carbocycles. The van der Waals surface area contributed by atoms with Crippen LogP contribution in [0.4, 0.5) is 0 Å². The van der Waals surface area contributed by atoms with E-state index < -0.39 is 0 Å². The summed E-state index contributed by atoms with van der Waals surface area (Å²) in [6.45, 7) is 2.81. The van der Waals surface area contributed by atoms with Gasteiger partial charge in [-0.05, 0) is 50.3 Å². The molecule has 4 rings (SSSR count). The number of aromatic nitrogens is 3. The first kappa shape index (κ1) is 13.9. The van der Waals surface area contributed by atoms with Crippen molar-refractivity contribution in [1.29, 1.82) is 0 Å². The first-order chi connectivity index (χ1) is 10.8. The molecule has 0 aliphatic heterocycles. The Balaban J connectivity index is 1.54. The first-order valence-corrected chi connectivity index (χ1v) is 8.18. The van der Waals surface area contributed by atoms with Gasteiger partial charge >= 0.3 is 0 Å². The summed E-state index contributed by atoms with van der Waals surface area (Å²) in [7, 11) is 0. The second-order valence-corrected chi connectivity index (χ2v) is 6.37. The van der Waals surface area contributed by atoms with Crippen molar-refractivity contribution in [3.63, 3.8) is 0 Å². The van der Waals surface area contributed by atoms with Gasteiger partial charge in [0.1, 0.15) is 0 Å². The van der Waals surface area contributed by atoms with Crippen LogP contribution in [0.5, 0.6) is 0 Å². The van der Waals surface area contributed by atoms with Gasteiger partial charge in [-0.25, -0.2) is 0 Å². The molecule has 0 unspecified atom stereocenters. The van der Waals surface area contributed by atoms with Crippen LogP contribution in [-0.2, 0) is 10.2 Å². The SMILES string of the molecule is CCOC1CC(c2nc(C3(c4ccncc4)CCC3)no2)C1. The number of rotatable bonds is 5. The van der Waals surface area contributed by atoms with Gasteiger partial charge in [0.05, 0.1) is 11.5 Å². The van der Waals surface area contributed by atoms with E-state index in [9.17, 15) is 0 Å². The van der Waals surface area contributed by atoms with Crippen LogP contribution in [0, 0.1) is 0 Å². The third-order valence-electron chi connectivity index (χ3n) is 5.16. The summed E-state index contributed by atoms with van der Waals surface area (Å²) < 4.78 is 11.2. The third-order valence-corrected chi connectivity index (χ3v) is 5.16. The highest BCUT2D eigenvalue weighted by atomic mass is 16.5. The van der Waals surface area contributed by atoms with Crippen LogP contribution in [0.1, 0.15) is 62.2 Å². The molecule has 5 heteroatoms. The minimum absolute atomic E-state index is 0.0617. The van der Waals surface area contributed by atoms with E-state index in [1.54, 1.807) is 0 Å². The molecule has 116 valence electrons. The van der Waals surface area contributed by atoms with Crippen LogP contribution < -0.4 is 0 Å². The van der Waals surface area contributed by atoms with Gasteiger partial charge in [-0.15, -0.1) is 0 Å². The van der Waals surface area contributed by atoms with Crippen molar-refractivity contribution >= 4 is 0 Å². The fraction of sp³-hybridized carbons (Fsp3) is 0.588. The predicted molar refractivity (Wildman–Crippen MR) is 80.6 cm³/mol. The quantitative estimate of drug-likeness (QED) is 0.848. The van der Waals surface area contributed by atoms with Crippen molar-refractivity contribution in [2.45, 2.75) is 56.5 Å². The molecule has 0 aromatic carbocycles. The summed E-state index contributed by atoms with van der Waals surface area (Å²) in [6.07, 6.45) is 9.43. The van der Waals surface area contributed by atoms with Crippen LogP contribution in [0.25, 0.3) is 0 Å². The minimum Gasteiger partial charge on any atom is -0.378 e. The van der Waals surface area contributed by atoms with E-state index in [1.165, 1.54) is 12.0 Å². The Kier molecular flexibility index (Phi) is 3.45. The Bertz CT molecular complexity index is 630. The van der Waals surface area contributed by atoms with Gasteiger partial charge in [0, 0.05) is 24.9 Å². The maximum absolute atomic E-state index is 5.61. The second kappa shape index (κ2) is 5.47. The zero-order valence-electron chi connectivity index (χ0n) is 12.9. The van der Waals surface area contributed by atoms with Crippen LogP contribution in [0.3, 0.4) is 0 Å². The number of hydrogen-bond acceptors (Lipinski definition) is 5. The lowest BCUT2D eigenvalue weighted by atomic mass is 9.64. The fourth-order valence-corrected chi connectivity index (χ4v) is 3.58. The summed E-state index contributed by atoms with van der Waals surface area (Å²) in [4.78, 5) is 8.86. The average Bonchev–Trinajstić information content (AvgIpc) is 2.92. The summed E-state index contributed by atoms with van der Waals surface area (Å²) in [5.74, 6) is 2.00. The Labute approximate surface area is 130 Å². The monoisotopic (exact) mass is 299 g/mol. The van der Waals surface area contributed by atoms with Gasteiger partial charge in [-0.3, -0.25) is 4.98 Å². The van der Waals surface area contributed by atoms with Crippen LogP contribution in [0.15, 0.2) is 29.0 Å². The van der Waals surface area contributed by atoms with Crippen LogP contribution in [0.2, 0.25) is 0 Å². The highest BCUT2D eigenvalue weighted by molar-refractivity contribution is 5.34. The fourth-order valence-electron chi connectivity index (χ4n) is 3.58. The highest BCUT2D eigenvalue weighted by Gasteiger charge is 2.45. The largest absolute Gasteiger partial charge is 0.378 e. The highest BCUT2D eigenvalue weighted by Crippen LogP contribution is 2.48. The first-order valence-electron chi connectivity index (χ1n) is 8.18. The van der Waals surface area contributed by atoms with Gasteiger partial charge in [0.2, 0.25) is 5.89 Å². The Morgan fingerprint density at radius 2 is 2.05 bits per heavy atom. The molecule has 2 aromatic rings. The lowest BCUT2D eigenvalue weighted by molar-refractivity contribution is -0.00961. The Morgan fingerprint density at radius 3 is 2.68 bits per heavy atom. The topological polar surface area (TPSA) is 61.0 Å². The van der Waals surface area contributed by atoms with Gasteiger partial charge < -0.3 is 9.26 Å². The van der Waals surface area contributed by atoms with E-state index >= 15 is 0 Å². The molecule has 0 bridgehead atoms. The van der Waals surface area contributed by atoms with Gasteiger partial charge in [0.15, 0.2) is 5.82 Å². The maximum Gasteiger partial charge on any atom is 0.229 e. The molecule has 5 nitrogen and oxygen atoms in total. The summed E-state index contributed by atoms with van der Waals surface area (Å²) in [5.41, 5.74) is 1.19. The molecule has 2 heterocycles. The molecule has 0 N–H and O–H groups in total. The molecule has 0 radical (unpaired) electrons. The normalized spacial score (nSPS) is 26.2. The molecule has 22 heavy (non-hydrogen) atoms. The number of ether oxygens (including phenoxy) is 1. The molecule has 0 saturated heterocycles. The average molecular weight is 299 g/mol. The molecule has 2 aromatic heterocycles. The Hall–Kier alpha value is -1.75. The maximum atomic E-state index is 5.61. The molecule has 2 saturated carbocycles. The van der Waals surface area contributed by atoms with Crippen molar-refractivity contribution in [2.75, 3.05) is 6.61 Å². The van der Waals surface area contributed by atoms with Gasteiger partial charge in [0.25, 0.3) is 0 Å². The van der Waals surface area contributed by atoms with E-state index in [1.807, 2.05) is 19.3 Å². The molecule has 0 amide bonds. The van der Waals surface area contributed by atoms with Gasteiger partial charge in [-0.2, -0.15) is 4.98 Å². The van der Waals surface area contributed by atoms with Crippen molar-refractivity contribution in [3.8, 4) is 0 Å². The van der Waals surface area contributed by atoms with E-state index in [0.717, 1.165) is 44.0 Å². The molecule has 2 fully saturated rings. The van der Waals surface area contributed by atoms with Crippen molar-refractivity contribution in [2.24, 2.45) is 0 Å². The lowest BCUT2D eigenvalue weighted by Gasteiger charge is -2.39. The second-order valence-electron chi connectivity index (χ2n) is 6.37. The summed E-state index contributed by atoms with van der Waals surface area (Å²) >= 11 is 0. The minimum atomic E-state index is -0.0617. The van der Waals surface area contributed by atoms with Crippen molar-refractivity contribution in [1.82, 2.24) is 15.1 Å². The van der Waals surface area contributed by atoms with Gasteiger partial charge in [-0.1, -0.05) is 11.6 Å². The summed E-state index contributed by atoms with van der Waals surface area (Å²) in [5, 5.41) is 4.31. The van der Waals surface area contributed by atoms with Crippen LogP contribution >= 0.6 is 0 Å². The van der Waals surface area contributed by atoms with E-state index in [0.29, 0.717) is 12.0 Å². The molecular formula is C17H21N3O2. The molecular weight excluding hydrogens is 278 g/mol. The van der Waals surface area contributed by atoms with Crippen molar-refractivity contribution < 1.29 is 9.26 Å². The number of hydrogen-bond donors (Lipinski definition) is 0. The molecule has 0 atom stereocenters. The smallest absolute Gasteiger partial charge is 0.229 e. The van der Waals surface area contributed by atoms with E-state index in [4.69, 9.17) is 14.2 Å². The molecule has 2 aliphatic rings. The van der Waals surface area contributed by atoms with Crippen molar-refractivity contribution in [3.05, 3.63) is 41.8 Å². The predicted octanol–water partition coefficient (Wildman–Crippen LogP) is 3.22. The van der Waals surface area contributed by atoms with Crippen LogP contribution in [-0.4, -0.2) is 27.8 Å². The zero-order chi connectivity index (χ0) is 15.0. The number of pyridine rings is 1. The standard InChI is InChI=1S/C17H21N3O2/c1-2-21-14-10-12(11-14)15-19-16(20-22-15)17(6-3-7-17)13-4-8-18-9-5-13/h4-5,8-9,12,14H,2-3,6-7,10-11H2,1H3. The Morgan fingerprint density at radius 1 is 1.27 bits per heavy atom. The van der Waals surface area contributed by atoms with E-state index in [-0.39, 0.29) is 5.41 Å². The number of nitrogens with zero attached hydrogens (tertiary/aromatic N) is 3. The molecule has 0 spiro atoms.